The lowest BCUT2D eigenvalue weighted by Gasteiger charge is -2.11. The summed E-state index contributed by atoms with van der Waals surface area (Å²) in [5.41, 5.74) is 0.930. The zero-order valence-corrected chi connectivity index (χ0v) is 15.0. The summed E-state index contributed by atoms with van der Waals surface area (Å²) < 4.78 is 29.1. The van der Waals surface area contributed by atoms with E-state index in [0.717, 1.165) is 10.0 Å². The van der Waals surface area contributed by atoms with Crippen molar-refractivity contribution in [1.82, 2.24) is 0 Å². The summed E-state index contributed by atoms with van der Waals surface area (Å²) in [6.45, 7) is 0.274. The van der Waals surface area contributed by atoms with E-state index in [1.807, 2.05) is 24.3 Å². The van der Waals surface area contributed by atoms with Crippen molar-refractivity contribution in [2.75, 3.05) is 0 Å². The van der Waals surface area contributed by atoms with Crippen molar-refractivity contribution < 1.29 is 13.2 Å². The molecule has 0 fully saturated rings. The van der Waals surface area contributed by atoms with Crippen molar-refractivity contribution in [3.63, 3.8) is 0 Å². The molecule has 0 saturated carbocycles. The SMILES string of the molecule is O=S(=O)(Cl)c1ccc(OCc2ccc(Br)cc2)c(Cl)c1Cl. The molecule has 0 bridgehead atoms. The van der Waals surface area contributed by atoms with Gasteiger partial charge in [-0.1, -0.05) is 51.3 Å². The standard InChI is InChI=1S/C13H8BrCl3O3S/c14-9-3-1-8(2-4-9)7-20-10-5-6-11(21(17,18)19)13(16)12(10)15/h1-6H,7H2. The molecule has 0 amide bonds. The van der Waals surface area contributed by atoms with Crippen LogP contribution in [0.4, 0.5) is 0 Å². The number of rotatable bonds is 4. The highest BCUT2D eigenvalue weighted by atomic mass is 79.9. The molecule has 0 aliphatic rings. The molecular formula is C13H8BrCl3O3S. The van der Waals surface area contributed by atoms with Gasteiger partial charge in [-0.15, -0.1) is 0 Å². The minimum Gasteiger partial charge on any atom is -0.487 e. The van der Waals surface area contributed by atoms with Gasteiger partial charge in [0, 0.05) is 15.2 Å². The van der Waals surface area contributed by atoms with Gasteiger partial charge in [-0.25, -0.2) is 8.42 Å². The Morgan fingerprint density at radius 2 is 1.62 bits per heavy atom. The summed E-state index contributed by atoms with van der Waals surface area (Å²) in [5.74, 6) is 0.286. The summed E-state index contributed by atoms with van der Waals surface area (Å²) in [4.78, 5) is -0.244. The normalized spacial score (nSPS) is 11.4. The Hall–Kier alpha value is -0.460. The van der Waals surface area contributed by atoms with E-state index in [-0.39, 0.29) is 27.3 Å². The third-order valence-electron chi connectivity index (χ3n) is 2.58. The largest absolute Gasteiger partial charge is 0.487 e. The van der Waals surface area contributed by atoms with Gasteiger partial charge in [0.25, 0.3) is 9.05 Å². The Morgan fingerprint density at radius 3 is 2.19 bits per heavy atom. The molecule has 0 aromatic heterocycles. The molecule has 0 aliphatic heterocycles. The van der Waals surface area contributed by atoms with Crippen LogP contribution in [0.1, 0.15) is 5.56 Å². The topological polar surface area (TPSA) is 43.4 Å². The number of benzene rings is 2. The summed E-state index contributed by atoms with van der Waals surface area (Å²) in [6.07, 6.45) is 0. The second-order valence-electron chi connectivity index (χ2n) is 4.04. The minimum atomic E-state index is -3.95. The predicted octanol–water partition coefficient (Wildman–Crippen LogP) is 5.26. The van der Waals surface area contributed by atoms with Crippen LogP contribution in [0.25, 0.3) is 0 Å². The van der Waals surface area contributed by atoms with Crippen molar-refractivity contribution in [2.24, 2.45) is 0 Å². The van der Waals surface area contributed by atoms with E-state index in [1.165, 1.54) is 12.1 Å². The van der Waals surface area contributed by atoms with Crippen molar-refractivity contribution >= 4 is 58.9 Å². The molecule has 112 valence electrons. The van der Waals surface area contributed by atoms with Crippen LogP contribution in [-0.4, -0.2) is 8.42 Å². The van der Waals surface area contributed by atoms with E-state index in [1.54, 1.807) is 0 Å². The van der Waals surface area contributed by atoms with Crippen molar-refractivity contribution in [2.45, 2.75) is 11.5 Å². The molecule has 0 saturated heterocycles. The van der Waals surface area contributed by atoms with Gasteiger partial charge < -0.3 is 4.74 Å². The van der Waals surface area contributed by atoms with Crippen LogP contribution >= 0.6 is 49.8 Å². The van der Waals surface area contributed by atoms with Crippen molar-refractivity contribution in [3.8, 4) is 5.75 Å². The van der Waals surface area contributed by atoms with Crippen LogP contribution in [0.2, 0.25) is 10.0 Å². The van der Waals surface area contributed by atoms with E-state index in [0.29, 0.717) is 0 Å². The second kappa shape index (κ2) is 6.75. The zero-order valence-electron chi connectivity index (χ0n) is 10.3. The van der Waals surface area contributed by atoms with Crippen LogP contribution < -0.4 is 4.74 Å². The van der Waals surface area contributed by atoms with Gasteiger partial charge in [-0.05, 0) is 29.8 Å². The first-order valence-corrected chi connectivity index (χ1v) is 9.45. The minimum absolute atomic E-state index is 0.00973. The monoisotopic (exact) mass is 428 g/mol. The average Bonchev–Trinajstić information content (AvgIpc) is 2.41. The lowest BCUT2D eigenvalue weighted by atomic mass is 10.2. The van der Waals surface area contributed by atoms with E-state index in [2.05, 4.69) is 15.9 Å². The van der Waals surface area contributed by atoms with Crippen LogP contribution in [-0.2, 0) is 15.7 Å². The number of halogens is 4. The summed E-state index contributed by atoms with van der Waals surface area (Å²) in [7, 11) is 1.31. The lowest BCUT2D eigenvalue weighted by Crippen LogP contribution is -1.98. The van der Waals surface area contributed by atoms with Gasteiger partial charge in [-0.3, -0.25) is 0 Å². The maximum atomic E-state index is 11.3. The summed E-state index contributed by atoms with van der Waals surface area (Å²) in [6, 6.07) is 10.2. The van der Waals surface area contributed by atoms with Crippen LogP contribution in [0.3, 0.4) is 0 Å². The lowest BCUT2D eigenvalue weighted by molar-refractivity contribution is 0.306. The molecule has 0 heterocycles. The molecule has 0 spiro atoms. The molecule has 0 unspecified atom stereocenters. The van der Waals surface area contributed by atoms with E-state index >= 15 is 0 Å². The van der Waals surface area contributed by atoms with Gasteiger partial charge in [0.05, 0.1) is 5.02 Å². The molecule has 0 radical (unpaired) electrons. The Balaban J connectivity index is 2.22. The second-order valence-corrected chi connectivity index (χ2v) is 8.25. The van der Waals surface area contributed by atoms with Crippen LogP contribution in [0, 0.1) is 0 Å². The van der Waals surface area contributed by atoms with Crippen molar-refractivity contribution in [1.29, 1.82) is 0 Å². The Morgan fingerprint density at radius 1 is 1.00 bits per heavy atom. The molecular weight excluding hydrogens is 422 g/mol. The van der Waals surface area contributed by atoms with E-state index in [4.69, 9.17) is 38.6 Å². The maximum absolute atomic E-state index is 11.3. The Bertz CT molecular complexity index is 761. The van der Waals surface area contributed by atoms with Gasteiger partial charge in [0.2, 0.25) is 0 Å². The van der Waals surface area contributed by atoms with E-state index < -0.39 is 9.05 Å². The molecule has 3 nitrogen and oxygen atoms in total. The van der Waals surface area contributed by atoms with E-state index in [9.17, 15) is 8.42 Å². The van der Waals surface area contributed by atoms with Gasteiger partial charge in [0.15, 0.2) is 0 Å². The molecule has 2 aromatic carbocycles. The van der Waals surface area contributed by atoms with Crippen LogP contribution in [0.5, 0.6) is 5.75 Å². The highest BCUT2D eigenvalue weighted by Gasteiger charge is 2.19. The Labute approximate surface area is 145 Å². The zero-order chi connectivity index (χ0) is 15.6. The number of hydrogen-bond donors (Lipinski definition) is 0. The highest BCUT2D eigenvalue weighted by Crippen LogP contribution is 2.38. The molecule has 0 atom stereocenters. The molecule has 8 heteroatoms. The number of ether oxygens (including phenoxy) is 1. The highest BCUT2D eigenvalue weighted by molar-refractivity contribution is 9.10. The first-order valence-electron chi connectivity index (χ1n) is 5.59. The molecule has 2 rings (SSSR count). The summed E-state index contributed by atoms with van der Waals surface area (Å²) >= 11 is 15.3. The molecule has 0 N–H and O–H groups in total. The Kier molecular flexibility index (Phi) is 5.43. The third-order valence-corrected chi connectivity index (χ3v) is 5.45. The third kappa shape index (κ3) is 4.27. The van der Waals surface area contributed by atoms with Crippen molar-refractivity contribution in [3.05, 3.63) is 56.5 Å². The fourth-order valence-corrected chi connectivity index (χ4v) is 3.61. The summed E-state index contributed by atoms with van der Waals surface area (Å²) in [5, 5.41) is -0.143. The molecule has 2 aromatic rings. The van der Waals surface area contributed by atoms with Crippen LogP contribution in [0.15, 0.2) is 45.8 Å². The molecule has 21 heavy (non-hydrogen) atoms. The van der Waals surface area contributed by atoms with Gasteiger partial charge in [-0.2, -0.15) is 0 Å². The number of hydrogen-bond acceptors (Lipinski definition) is 3. The fourth-order valence-electron chi connectivity index (χ4n) is 1.56. The first-order chi connectivity index (χ1) is 9.79. The quantitative estimate of drug-likeness (QED) is 0.621. The van der Waals surface area contributed by atoms with Gasteiger partial charge in [0.1, 0.15) is 22.3 Å². The average molecular weight is 431 g/mol. The smallest absolute Gasteiger partial charge is 0.262 e. The first kappa shape index (κ1) is 16.9. The molecule has 0 aliphatic carbocycles. The predicted molar refractivity (Wildman–Crippen MR) is 88.0 cm³/mol. The maximum Gasteiger partial charge on any atom is 0.262 e. The van der Waals surface area contributed by atoms with Gasteiger partial charge >= 0.3 is 0 Å². The fraction of sp³-hybridized carbons (Fsp3) is 0.0769.